The minimum atomic E-state index is 0.00325. The van der Waals surface area contributed by atoms with Crippen LogP contribution in [-0.2, 0) is 4.79 Å². The molecule has 1 aliphatic heterocycles. The summed E-state index contributed by atoms with van der Waals surface area (Å²) in [6, 6.07) is 3.64. The number of nitrogens with zero attached hydrogens (tertiary/aromatic N) is 2. The van der Waals surface area contributed by atoms with Crippen LogP contribution in [0.1, 0.15) is 94.8 Å². The van der Waals surface area contributed by atoms with Crippen LogP contribution in [0, 0.1) is 5.92 Å². The smallest absolute Gasteiger partial charge is 0.255 e. The van der Waals surface area contributed by atoms with Crippen LogP contribution < -0.4 is 5.32 Å². The molecule has 1 N–H and O–H groups in total. The van der Waals surface area contributed by atoms with Crippen LogP contribution in [0.4, 0.5) is 0 Å². The maximum absolute atomic E-state index is 12.7. The standard InChI is InChI=1S/C32H47N3O2/c1-3-4-5-6-7-8-9-11-14-19-28(2)20-15-12-10-13-16-23-31(36)34-27-30-22-18-25-35(30)32(37)29-21-17-24-33-26-29/h4-5,7-8,10-12,14,17,21,24,26,28,30H,3,6,9,13,15-16,18-20,22-23,25,27H2,1-2H3,(H,34,36)/b5-4-,8-7-,12-10-,14-11-/t28?,30-/m0/s1. The van der Waals surface area contributed by atoms with Gasteiger partial charge in [-0.15, -0.1) is 0 Å². The molecule has 2 rings (SSSR count). The zero-order valence-corrected chi connectivity index (χ0v) is 23.0. The highest BCUT2D eigenvalue weighted by Gasteiger charge is 2.29. The highest BCUT2D eigenvalue weighted by molar-refractivity contribution is 5.94. The zero-order chi connectivity index (χ0) is 26.6. The molecule has 2 atom stereocenters. The number of hydrogen-bond donors (Lipinski definition) is 1. The van der Waals surface area contributed by atoms with E-state index in [1.54, 1.807) is 24.5 Å². The van der Waals surface area contributed by atoms with E-state index in [9.17, 15) is 9.59 Å². The van der Waals surface area contributed by atoms with Crippen LogP contribution in [0.15, 0.2) is 73.1 Å². The van der Waals surface area contributed by atoms with E-state index in [0.29, 0.717) is 24.4 Å². The molecule has 0 radical (unpaired) electrons. The summed E-state index contributed by atoms with van der Waals surface area (Å²) in [5.41, 5.74) is 0.609. The van der Waals surface area contributed by atoms with E-state index in [-0.39, 0.29) is 17.9 Å². The van der Waals surface area contributed by atoms with Gasteiger partial charge in [0.15, 0.2) is 0 Å². The Labute approximate surface area is 224 Å². The van der Waals surface area contributed by atoms with Crippen LogP contribution in [0.5, 0.6) is 0 Å². The second kappa shape index (κ2) is 19.2. The largest absolute Gasteiger partial charge is 0.354 e. The Morgan fingerprint density at radius 2 is 1.84 bits per heavy atom. The Balaban J connectivity index is 1.50. The topological polar surface area (TPSA) is 62.3 Å². The van der Waals surface area contributed by atoms with Crippen LogP contribution in [-0.4, -0.2) is 40.8 Å². The summed E-state index contributed by atoms with van der Waals surface area (Å²) in [6.07, 6.45) is 32.0. The predicted molar refractivity (Wildman–Crippen MR) is 154 cm³/mol. The third-order valence-corrected chi connectivity index (χ3v) is 6.67. The Kier molecular flexibility index (Phi) is 15.7. The van der Waals surface area contributed by atoms with Crippen molar-refractivity contribution in [2.45, 2.75) is 90.5 Å². The van der Waals surface area contributed by atoms with Crippen LogP contribution in [0.3, 0.4) is 0 Å². The SMILES string of the molecule is CC/C=C\C/C=C\C/C=C\CC(C)CC/C=C\CCCC(=O)NC[C@@H]1CCCN1C(=O)c1cccnc1. The number of amides is 2. The number of nitrogens with one attached hydrogen (secondary N) is 1. The molecule has 0 saturated carbocycles. The van der Waals surface area contributed by atoms with Gasteiger partial charge < -0.3 is 10.2 Å². The second-order valence-corrected chi connectivity index (χ2v) is 9.92. The summed E-state index contributed by atoms with van der Waals surface area (Å²) >= 11 is 0. The summed E-state index contributed by atoms with van der Waals surface area (Å²) in [5.74, 6) is 0.758. The third kappa shape index (κ3) is 13.2. The van der Waals surface area contributed by atoms with Gasteiger partial charge in [0, 0.05) is 37.9 Å². The normalized spacial score (nSPS) is 17.0. The van der Waals surface area contributed by atoms with Gasteiger partial charge in [0.1, 0.15) is 0 Å². The second-order valence-electron chi connectivity index (χ2n) is 9.92. The van der Waals surface area contributed by atoms with Crippen molar-refractivity contribution in [2.24, 2.45) is 5.92 Å². The van der Waals surface area contributed by atoms with Gasteiger partial charge in [-0.1, -0.05) is 62.5 Å². The number of rotatable bonds is 17. The van der Waals surface area contributed by atoms with Gasteiger partial charge in [-0.3, -0.25) is 14.6 Å². The molecule has 1 aliphatic rings. The molecule has 5 heteroatoms. The molecule has 1 aromatic heterocycles. The Morgan fingerprint density at radius 3 is 2.59 bits per heavy atom. The number of pyridine rings is 1. The van der Waals surface area contributed by atoms with Gasteiger partial charge in [-0.2, -0.15) is 0 Å². The van der Waals surface area contributed by atoms with E-state index in [0.717, 1.165) is 64.3 Å². The number of likely N-dealkylation sites (tertiary alicyclic amines) is 1. The highest BCUT2D eigenvalue weighted by atomic mass is 16.2. The molecule has 1 fully saturated rings. The lowest BCUT2D eigenvalue weighted by atomic mass is 10.0. The maximum Gasteiger partial charge on any atom is 0.255 e. The van der Waals surface area contributed by atoms with E-state index in [1.807, 2.05) is 4.90 Å². The van der Waals surface area contributed by atoms with Crippen molar-refractivity contribution >= 4 is 11.8 Å². The highest BCUT2D eigenvalue weighted by Crippen LogP contribution is 2.19. The predicted octanol–water partition coefficient (Wildman–Crippen LogP) is 7.19. The average Bonchev–Trinajstić information content (AvgIpc) is 3.39. The fraction of sp³-hybridized carbons (Fsp3) is 0.531. The van der Waals surface area contributed by atoms with Gasteiger partial charge >= 0.3 is 0 Å². The van der Waals surface area contributed by atoms with E-state index in [2.05, 4.69) is 72.8 Å². The third-order valence-electron chi connectivity index (χ3n) is 6.67. The molecule has 1 saturated heterocycles. The maximum atomic E-state index is 12.7. The number of unbranched alkanes of at least 4 members (excludes halogenated alkanes) is 1. The fourth-order valence-electron chi connectivity index (χ4n) is 4.44. The Morgan fingerprint density at radius 1 is 1.08 bits per heavy atom. The molecule has 1 aromatic rings. The molecular formula is C32H47N3O2. The van der Waals surface area contributed by atoms with Crippen molar-refractivity contribution in [3.8, 4) is 0 Å². The summed E-state index contributed by atoms with van der Waals surface area (Å²) in [4.78, 5) is 30.9. The monoisotopic (exact) mass is 505 g/mol. The fourth-order valence-corrected chi connectivity index (χ4v) is 4.44. The Bertz CT molecular complexity index is 889. The molecule has 0 bridgehead atoms. The average molecular weight is 506 g/mol. The number of allylic oxidation sites excluding steroid dienone is 8. The molecule has 0 aliphatic carbocycles. The Hall–Kier alpha value is -2.95. The molecule has 0 spiro atoms. The van der Waals surface area contributed by atoms with Crippen molar-refractivity contribution in [2.75, 3.05) is 13.1 Å². The van der Waals surface area contributed by atoms with Crippen LogP contribution >= 0.6 is 0 Å². The van der Waals surface area contributed by atoms with Crippen molar-refractivity contribution in [3.63, 3.8) is 0 Å². The molecule has 202 valence electrons. The van der Waals surface area contributed by atoms with Crippen molar-refractivity contribution in [3.05, 3.63) is 78.7 Å². The number of hydrogen-bond acceptors (Lipinski definition) is 3. The number of carbonyl (C=O) groups is 2. The first-order valence-corrected chi connectivity index (χ1v) is 14.2. The summed E-state index contributed by atoms with van der Waals surface area (Å²) in [7, 11) is 0. The number of carbonyl (C=O) groups excluding carboxylic acids is 2. The lowest BCUT2D eigenvalue weighted by Gasteiger charge is -2.25. The van der Waals surface area contributed by atoms with Crippen molar-refractivity contribution in [1.29, 1.82) is 0 Å². The molecule has 2 amide bonds. The quantitative estimate of drug-likeness (QED) is 0.180. The molecule has 2 heterocycles. The lowest BCUT2D eigenvalue weighted by molar-refractivity contribution is -0.121. The minimum absolute atomic E-state index is 0.00325. The van der Waals surface area contributed by atoms with Gasteiger partial charge in [0.2, 0.25) is 5.91 Å². The first-order chi connectivity index (χ1) is 18.1. The van der Waals surface area contributed by atoms with Crippen molar-refractivity contribution in [1.82, 2.24) is 15.2 Å². The van der Waals surface area contributed by atoms with Crippen LogP contribution in [0.2, 0.25) is 0 Å². The number of aromatic nitrogens is 1. The van der Waals surface area contributed by atoms with E-state index >= 15 is 0 Å². The molecule has 37 heavy (non-hydrogen) atoms. The van der Waals surface area contributed by atoms with Crippen molar-refractivity contribution < 1.29 is 9.59 Å². The van der Waals surface area contributed by atoms with Gasteiger partial charge in [0.25, 0.3) is 5.91 Å². The van der Waals surface area contributed by atoms with Gasteiger partial charge in [-0.05, 0) is 82.3 Å². The molecular weight excluding hydrogens is 458 g/mol. The molecule has 5 nitrogen and oxygen atoms in total. The van der Waals surface area contributed by atoms with E-state index < -0.39 is 0 Å². The first-order valence-electron chi connectivity index (χ1n) is 14.2. The summed E-state index contributed by atoms with van der Waals surface area (Å²) in [6.45, 7) is 5.73. The van der Waals surface area contributed by atoms with E-state index in [1.165, 1.54) is 6.42 Å². The minimum Gasteiger partial charge on any atom is -0.354 e. The lowest BCUT2D eigenvalue weighted by Crippen LogP contribution is -2.43. The van der Waals surface area contributed by atoms with Gasteiger partial charge in [0.05, 0.1) is 5.56 Å². The molecule has 0 aromatic carbocycles. The van der Waals surface area contributed by atoms with Crippen LogP contribution in [0.25, 0.3) is 0 Å². The molecule has 1 unspecified atom stereocenters. The van der Waals surface area contributed by atoms with Gasteiger partial charge in [-0.25, -0.2) is 0 Å². The zero-order valence-electron chi connectivity index (χ0n) is 23.0. The first kappa shape index (κ1) is 30.3. The summed E-state index contributed by atoms with van der Waals surface area (Å²) in [5, 5.41) is 3.04. The summed E-state index contributed by atoms with van der Waals surface area (Å²) < 4.78 is 0. The van der Waals surface area contributed by atoms with E-state index in [4.69, 9.17) is 0 Å².